The van der Waals surface area contributed by atoms with Crippen LogP contribution in [0.5, 0.6) is 0 Å². The lowest BCUT2D eigenvalue weighted by atomic mass is 10.1. The summed E-state index contributed by atoms with van der Waals surface area (Å²) in [5.74, 6) is 0.0582. The van der Waals surface area contributed by atoms with Gasteiger partial charge in [-0.1, -0.05) is 41.3 Å². The van der Waals surface area contributed by atoms with E-state index in [1.54, 1.807) is 0 Å². The van der Waals surface area contributed by atoms with Crippen molar-refractivity contribution in [3.63, 3.8) is 0 Å². The van der Waals surface area contributed by atoms with Crippen LogP contribution in [0.1, 0.15) is 17.0 Å². The van der Waals surface area contributed by atoms with E-state index in [-0.39, 0.29) is 11.2 Å². The Hall–Kier alpha value is -1.40. The van der Waals surface area contributed by atoms with Crippen molar-refractivity contribution in [2.24, 2.45) is 0 Å². The Morgan fingerprint density at radius 2 is 2.21 bits per heavy atom. The number of hydrogen-bond donors (Lipinski definition) is 1. The average molecular weight is 291 g/mol. The highest BCUT2D eigenvalue weighted by Crippen LogP contribution is 2.32. The van der Waals surface area contributed by atoms with Crippen LogP contribution < -0.4 is 5.32 Å². The van der Waals surface area contributed by atoms with Crippen molar-refractivity contribution in [2.45, 2.75) is 29.4 Å². The van der Waals surface area contributed by atoms with Crippen LogP contribution in [0, 0.1) is 6.92 Å². The molecule has 98 valence electrons. The van der Waals surface area contributed by atoms with Gasteiger partial charge in [0.1, 0.15) is 5.01 Å². The second-order valence-electron chi connectivity index (χ2n) is 4.38. The Morgan fingerprint density at radius 1 is 1.37 bits per heavy atom. The van der Waals surface area contributed by atoms with Gasteiger partial charge in [0.2, 0.25) is 5.91 Å². The highest BCUT2D eigenvalue weighted by Gasteiger charge is 2.25. The van der Waals surface area contributed by atoms with E-state index in [1.165, 1.54) is 28.7 Å². The smallest absolute Gasteiger partial charge is 0.237 e. The number of fused-ring (bicyclic) bond motifs is 1. The molecule has 0 aliphatic carbocycles. The first-order valence-corrected chi connectivity index (χ1v) is 7.77. The third-order valence-electron chi connectivity index (χ3n) is 2.99. The lowest BCUT2D eigenvalue weighted by molar-refractivity contribution is -0.115. The summed E-state index contributed by atoms with van der Waals surface area (Å²) in [6, 6.07) is 7.97. The number of nitrogens with one attached hydrogen (secondary N) is 1. The van der Waals surface area contributed by atoms with Gasteiger partial charge in [-0.3, -0.25) is 4.79 Å². The lowest BCUT2D eigenvalue weighted by Gasteiger charge is -2.10. The monoisotopic (exact) mass is 291 g/mol. The van der Waals surface area contributed by atoms with Gasteiger partial charge in [-0.15, -0.1) is 10.2 Å². The fourth-order valence-electron chi connectivity index (χ4n) is 2.05. The molecule has 6 heteroatoms. The SMILES string of the molecule is Cc1nnc(S[C@H]2CCc3ccccc3NC2=O)s1. The number of carbonyl (C=O) groups is 1. The minimum absolute atomic E-state index is 0.0582. The van der Waals surface area contributed by atoms with Gasteiger partial charge < -0.3 is 5.32 Å². The maximum Gasteiger partial charge on any atom is 0.237 e. The molecule has 1 aromatic heterocycles. The molecular weight excluding hydrogens is 278 g/mol. The van der Waals surface area contributed by atoms with Gasteiger partial charge in [-0.2, -0.15) is 0 Å². The molecule has 4 nitrogen and oxygen atoms in total. The van der Waals surface area contributed by atoms with Gasteiger partial charge in [0.25, 0.3) is 0 Å². The summed E-state index contributed by atoms with van der Waals surface area (Å²) in [4.78, 5) is 12.2. The molecule has 19 heavy (non-hydrogen) atoms. The third-order valence-corrected chi connectivity index (χ3v) is 5.18. The average Bonchev–Trinajstić information content (AvgIpc) is 2.74. The van der Waals surface area contributed by atoms with Gasteiger partial charge in [0.15, 0.2) is 4.34 Å². The van der Waals surface area contributed by atoms with Crippen LogP contribution in [-0.2, 0) is 11.2 Å². The summed E-state index contributed by atoms with van der Waals surface area (Å²) < 4.78 is 0.864. The molecular formula is C13H13N3OS2. The first-order chi connectivity index (χ1) is 9.22. The van der Waals surface area contributed by atoms with Crippen molar-refractivity contribution in [2.75, 3.05) is 5.32 Å². The van der Waals surface area contributed by atoms with Crippen LogP contribution in [0.3, 0.4) is 0 Å². The maximum atomic E-state index is 12.2. The number of benzene rings is 1. The van der Waals surface area contributed by atoms with Crippen LogP contribution >= 0.6 is 23.1 Å². The van der Waals surface area contributed by atoms with Crippen molar-refractivity contribution in [3.05, 3.63) is 34.8 Å². The number of aromatic nitrogens is 2. The number of rotatable bonds is 2. The number of aryl methyl sites for hydroxylation is 2. The number of nitrogens with zero attached hydrogens (tertiary/aromatic N) is 2. The Bertz CT molecular complexity index is 611. The van der Waals surface area contributed by atoms with Gasteiger partial charge in [-0.25, -0.2) is 0 Å². The molecule has 0 saturated carbocycles. The number of carbonyl (C=O) groups excluding carboxylic acids is 1. The minimum Gasteiger partial charge on any atom is -0.325 e. The molecule has 1 aromatic carbocycles. The van der Waals surface area contributed by atoms with E-state index in [0.29, 0.717) is 0 Å². The normalized spacial score (nSPS) is 18.6. The number of para-hydroxylation sites is 1. The molecule has 0 radical (unpaired) electrons. The lowest BCUT2D eigenvalue weighted by Crippen LogP contribution is -2.23. The molecule has 2 heterocycles. The Kier molecular flexibility index (Phi) is 3.52. The topological polar surface area (TPSA) is 54.9 Å². The van der Waals surface area contributed by atoms with E-state index < -0.39 is 0 Å². The largest absolute Gasteiger partial charge is 0.325 e. The molecule has 3 rings (SSSR count). The van der Waals surface area contributed by atoms with Gasteiger partial charge in [-0.05, 0) is 31.4 Å². The van der Waals surface area contributed by atoms with Gasteiger partial charge >= 0.3 is 0 Å². The van der Waals surface area contributed by atoms with Crippen LogP contribution in [0.2, 0.25) is 0 Å². The standard InChI is InChI=1S/C13H13N3OS2/c1-8-15-16-13(18-8)19-11-7-6-9-4-2-3-5-10(9)14-12(11)17/h2-5,11H,6-7H2,1H3,(H,14,17)/t11-/m0/s1. The van der Waals surface area contributed by atoms with Crippen molar-refractivity contribution in [3.8, 4) is 0 Å². The van der Waals surface area contributed by atoms with Crippen LogP contribution in [0.25, 0.3) is 0 Å². The molecule has 1 aliphatic rings. The van der Waals surface area contributed by atoms with E-state index in [4.69, 9.17) is 0 Å². The number of amides is 1. The summed E-state index contributed by atoms with van der Waals surface area (Å²) in [5, 5.41) is 11.9. The zero-order chi connectivity index (χ0) is 13.2. The first kappa shape index (κ1) is 12.6. The van der Waals surface area contributed by atoms with Crippen molar-refractivity contribution < 1.29 is 4.79 Å². The van der Waals surface area contributed by atoms with E-state index in [2.05, 4.69) is 21.6 Å². The highest BCUT2D eigenvalue weighted by atomic mass is 32.2. The van der Waals surface area contributed by atoms with E-state index >= 15 is 0 Å². The Labute approximate surface area is 119 Å². The second kappa shape index (κ2) is 5.30. The molecule has 1 N–H and O–H groups in total. The molecule has 0 unspecified atom stereocenters. The minimum atomic E-state index is -0.0975. The predicted molar refractivity (Wildman–Crippen MR) is 77.7 cm³/mol. The summed E-state index contributed by atoms with van der Waals surface area (Å²) >= 11 is 3.05. The van der Waals surface area contributed by atoms with E-state index in [1.807, 2.05) is 25.1 Å². The molecule has 0 saturated heterocycles. The van der Waals surface area contributed by atoms with Gasteiger partial charge in [0, 0.05) is 5.69 Å². The summed E-state index contributed by atoms with van der Waals surface area (Å²) in [5.41, 5.74) is 2.14. The van der Waals surface area contributed by atoms with Gasteiger partial charge in [0.05, 0.1) is 5.25 Å². The zero-order valence-electron chi connectivity index (χ0n) is 10.4. The molecule has 0 fully saturated rings. The highest BCUT2D eigenvalue weighted by molar-refractivity contribution is 8.02. The Morgan fingerprint density at radius 3 is 3.00 bits per heavy atom. The van der Waals surface area contributed by atoms with Crippen molar-refractivity contribution in [1.82, 2.24) is 10.2 Å². The number of anilines is 1. The fourth-order valence-corrected chi connectivity index (χ4v) is 4.10. The molecule has 0 bridgehead atoms. The van der Waals surface area contributed by atoms with Crippen LogP contribution in [0.15, 0.2) is 28.6 Å². The molecule has 1 amide bonds. The summed E-state index contributed by atoms with van der Waals surface area (Å²) in [6.45, 7) is 1.92. The second-order valence-corrected chi connectivity index (χ2v) is 7.01. The maximum absolute atomic E-state index is 12.2. The van der Waals surface area contributed by atoms with Crippen LogP contribution in [0.4, 0.5) is 5.69 Å². The zero-order valence-corrected chi connectivity index (χ0v) is 12.1. The molecule has 0 spiro atoms. The van der Waals surface area contributed by atoms with E-state index in [9.17, 15) is 4.79 Å². The quantitative estimate of drug-likeness (QED) is 0.924. The number of thioether (sulfide) groups is 1. The predicted octanol–water partition coefficient (Wildman–Crippen LogP) is 2.89. The molecule has 1 atom stereocenters. The van der Waals surface area contributed by atoms with Crippen molar-refractivity contribution >= 4 is 34.7 Å². The number of hydrogen-bond acceptors (Lipinski definition) is 5. The summed E-state index contributed by atoms with van der Waals surface area (Å²) in [6.07, 6.45) is 1.73. The first-order valence-electron chi connectivity index (χ1n) is 6.08. The summed E-state index contributed by atoms with van der Waals surface area (Å²) in [7, 11) is 0. The molecule has 1 aliphatic heterocycles. The van der Waals surface area contributed by atoms with E-state index in [0.717, 1.165) is 27.9 Å². The third kappa shape index (κ3) is 2.79. The van der Waals surface area contributed by atoms with Crippen molar-refractivity contribution in [1.29, 1.82) is 0 Å². The Balaban J connectivity index is 1.77. The fraction of sp³-hybridized carbons (Fsp3) is 0.308. The van der Waals surface area contributed by atoms with Crippen LogP contribution in [-0.4, -0.2) is 21.4 Å². The molecule has 2 aromatic rings.